The summed E-state index contributed by atoms with van der Waals surface area (Å²) < 4.78 is 11.8. The van der Waals surface area contributed by atoms with E-state index in [-0.39, 0.29) is 5.56 Å². The van der Waals surface area contributed by atoms with Crippen molar-refractivity contribution in [3.05, 3.63) is 44.6 Å². The van der Waals surface area contributed by atoms with Crippen molar-refractivity contribution in [3.8, 4) is 11.5 Å². The van der Waals surface area contributed by atoms with Crippen LogP contribution in [0.25, 0.3) is 0 Å². The first-order chi connectivity index (χ1) is 10.1. The van der Waals surface area contributed by atoms with Gasteiger partial charge in [-0.2, -0.15) is 11.3 Å². The van der Waals surface area contributed by atoms with E-state index >= 15 is 0 Å². The number of ether oxygens (including phenoxy) is 2. The monoisotopic (exact) mass is 370 g/mol. The predicted molar refractivity (Wildman–Crippen MR) is 85.8 cm³/mol. The van der Waals surface area contributed by atoms with Gasteiger partial charge in [0.25, 0.3) is 0 Å². The van der Waals surface area contributed by atoms with Gasteiger partial charge in [0.15, 0.2) is 11.5 Å². The minimum Gasteiger partial charge on any atom is -0.490 e. The van der Waals surface area contributed by atoms with Gasteiger partial charge in [-0.05, 0) is 57.4 Å². The molecule has 1 N–H and O–H groups in total. The van der Waals surface area contributed by atoms with Gasteiger partial charge in [-0.3, -0.25) is 0 Å². The first kappa shape index (κ1) is 15.9. The van der Waals surface area contributed by atoms with E-state index in [1.807, 2.05) is 12.3 Å². The Bertz CT molecular complexity index is 610. The lowest BCUT2D eigenvalue weighted by atomic mass is 10.2. The van der Waals surface area contributed by atoms with E-state index in [9.17, 15) is 4.79 Å². The molecule has 0 spiro atoms. The molecule has 4 nitrogen and oxygen atoms in total. The van der Waals surface area contributed by atoms with Gasteiger partial charge in [0, 0.05) is 6.42 Å². The summed E-state index contributed by atoms with van der Waals surface area (Å²) in [6.07, 6.45) is 0.794. The van der Waals surface area contributed by atoms with Crippen molar-refractivity contribution < 1.29 is 19.4 Å². The van der Waals surface area contributed by atoms with Crippen LogP contribution in [0.1, 0.15) is 22.8 Å². The number of carbonyl (C=O) groups is 1. The minimum atomic E-state index is -0.999. The third kappa shape index (κ3) is 4.22. The molecule has 0 bridgehead atoms. The van der Waals surface area contributed by atoms with Crippen LogP contribution in [0.15, 0.2) is 33.4 Å². The van der Waals surface area contributed by atoms with Crippen LogP contribution in [0.2, 0.25) is 0 Å². The Balaban J connectivity index is 2.14. The number of hydrogen-bond donors (Lipinski definition) is 1. The normalized spacial score (nSPS) is 10.4. The number of carboxylic acid groups (broad SMARTS) is 1. The van der Waals surface area contributed by atoms with E-state index in [0.29, 0.717) is 29.2 Å². The summed E-state index contributed by atoms with van der Waals surface area (Å²) in [6.45, 7) is 2.79. The predicted octanol–water partition coefficient (Wildman–Crippen LogP) is 4.23. The average molecular weight is 371 g/mol. The Hall–Kier alpha value is -1.53. The zero-order valence-corrected chi connectivity index (χ0v) is 13.9. The molecule has 0 amide bonds. The van der Waals surface area contributed by atoms with Gasteiger partial charge in [0.2, 0.25) is 0 Å². The number of aromatic carboxylic acids is 1. The lowest BCUT2D eigenvalue weighted by Crippen LogP contribution is -2.06. The van der Waals surface area contributed by atoms with Crippen molar-refractivity contribution in [3.63, 3.8) is 0 Å². The van der Waals surface area contributed by atoms with Crippen molar-refractivity contribution in [2.24, 2.45) is 0 Å². The fraction of sp³-hybridized carbons (Fsp3) is 0.267. The molecule has 0 saturated carbocycles. The Morgan fingerprint density at radius 3 is 2.81 bits per heavy atom. The molecular formula is C15H15BrO4S. The molecule has 0 unspecified atom stereocenters. The molecular weight excluding hydrogens is 356 g/mol. The summed E-state index contributed by atoms with van der Waals surface area (Å²) in [5.41, 5.74) is 1.38. The number of rotatable bonds is 7. The zero-order valence-electron chi connectivity index (χ0n) is 11.5. The van der Waals surface area contributed by atoms with E-state index in [1.54, 1.807) is 11.3 Å². The van der Waals surface area contributed by atoms with Crippen LogP contribution in [0, 0.1) is 0 Å². The first-order valence-electron chi connectivity index (χ1n) is 6.45. The van der Waals surface area contributed by atoms with Gasteiger partial charge < -0.3 is 14.6 Å². The molecule has 0 aliphatic heterocycles. The van der Waals surface area contributed by atoms with Gasteiger partial charge in [-0.1, -0.05) is 0 Å². The standard InChI is InChI=1S/C15H15BrO4S/c1-2-19-13-8-11(15(17)18)7-12(16)14(13)20-5-3-10-4-6-21-9-10/h4,6-9H,2-3,5H2,1H3,(H,17,18). The molecule has 112 valence electrons. The third-order valence-electron chi connectivity index (χ3n) is 2.77. The summed E-state index contributed by atoms with van der Waals surface area (Å²) >= 11 is 5.00. The Morgan fingerprint density at radius 2 is 2.19 bits per heavy atom. The van der Waals surface area contributed by atoms with Crippen LogP contribution in [-0.4, -0.2) is 24.3 Å². The van der Waals surface area contributed by atoms with Gasteiger partial charge in [0.1, 0.15) is 0 Å². The van der Waals surface area contributed by atoms with Crippen molar-refractivity contribution in [2.45, 2.75) is 13.3 Å². The van der Waals surface area contributed by atoms with Crippen LogP contribution in [0.5, 0.6) is 11.5 Å². The molecule has 0 atom stereocenters. The zero-order chi connectivity index (χ0) is 15.2. The van der Waals surface area contributed by atoms with Crippen molar-refractivity contribution in [1.82, 2.24) is 0 Å². The quantitative estimate of drug-likeness (QED) is 0.792. The highest BCUT2D eigenvalue weighted by Crippen LogP contribution is 2.37. The Morgan fingerprint density at radius 1 is 1.38 bits per heavy atom. The summed E-state index contributed by atoms with van der Waals surface area (Å²) in [6, 6.07) is 5.06. The van der Waals surface area contributed by atoms with E-state index in [1.165, 1.54) is 17.7 Å². The second-order valence-electron chi connectivity index (χ2n) is 4.25. The third-order valence-corrected chi connectivity index (χ3v) is 4.09. The van der Waals surface area contributed by atoms with Crippen LogP contribution < -0.4 is 9.47 Å². The maximum Gasteiger partial charge on any atom is 0.335 e. The molecule has 1 heterocycles. The molecule has 6 heteroatoms. The van der Waals surface area contributed by atoms with Crippen LogP contribution >= 0.6 is 27.3 Å². The minimum absolute atomic E-state index is 0.163. The largest absolute Gasteiger partial charge is 0.490 e. The van der Waals surface area contributed by atoms with Gasteiger partial charge in [-0.25, -0.2) is 4.79 Å². The molecule has 0 fully saturated rings. The highest BCUT2D eigenvalue weighted by atomic mass is 79.9. The lowest BCUT2D eigenvalue weighted by Gasteiger charge is -2.14. The molecule has 2 rings (SSSR count). The fourth-order valence-electron chi connectivity index (χ4n) is 1.80. The average Bonchev–Trinajstić information content (AvgIpc) is 2.94. The van der Waals surface area contributed by atoms with E-state index < -0.39 is 5.97 Å². The van der Waals surface area contributed by atoms with Crippen LogP contribution in [0.3, 0.4) is 0 Å². The Labute approximate surface area is 135 Å². The molecule has 0 saturated heterocycles. The Kier molecular flexibility index (Phi) is 5.64. The topological polar surface area (TPSA) is 55.8 Å². The van der Waals surface area contributed by atoms with Crippen molar-refractivity contribution in [2.75, 3.05) is 13.2 Å². The van der Waals surface area contributed by atoms with Crippen LogP contribution in [-0.2, 0) is 6.42 Å². The summed E-state index contributed by atoms with van der Waals surface area (Å²) in [5.74, 6) is -0.0202. The molecule has 0 aliphatic carbocycles. The molecule has 1 aromatic carbocycles. The molecule has 1 aromatic heterocycles. The summed E-state index contributed by atoms with van der Waals surface area (Å²) in [5, 5.41) is 13.2. The summed E-state index contributed by atoms with van der Waals surface area (Å²) in [4.78, 5) is 11.1. The second kappa shape index (κ2) is 7.47. The van der Waals surface area contributed by atoms with Gasteiger partial charge in [-0.15, -0.1) is 0 Å². The van der Waals surface area contributed by atoms with Crippen molar-refractivity contribution >= 4 is 33.2 Å². The number of carboxylic acids is 1. The van der Waals surface area contributed by atoms with Crippen LogP contribution in [0.4, 0.5) is 0 Å². The number of thiophene rings is 1. The molecule has 21 heavy (non-hydrogen) atoms. The molecule has 2 aromatic rings. The molecule has 0 aliphatic rings. The SMILES string of the molecule is CCOc1cc(C(=O)O)cc(Br)c1OCCc1ccsc1. The summed E-state index contributed by atoms with van der Waals surface area (Å²) in [7, 11) is 0. The maximum absolute atomic E-state index is 11.1. The maximum atomic E-state index is 11.1. The van der Waals surface area contributed by atoms with E-state index in [4.69, 9.17) is 14.6 Å². The second-order valence-corrected chi connectivity index (χ2v) is 5.89. The lowest BCUT2D eigenvalue weighted by molar-refractivity contribution is 0.0696. The van der Waals surface area contributed by atoms with Gasteiger partial charge in [0.05, 0.1) is 23.2 Å². The fourth-order valence-corrected chi connectivity index (χ4v) is 3.06. The number of hydrogen-bond acceptors (Lipinski definition) is 4. The molecule has 0 radical (unpaired) electrons. The van der Waals surface area contributed by atoms with Gasteiger partial charge >= 0.3 is 5.97 Å². The van der Waals surface area contributed by atoms with E-state index in [2.05, 4.69) is 27.4 Å². The highest BCUT2D eigenvalue weighted by molar-refractivity contribution is 9.10. The first-order valence-corrected chi connectivity index (χ1v) is 8.19. The van der Waals surface area contributed by atoms with Crippen molar-refractivity contribution in [1.29, 1.82) is 0 Å². The highest BCUT2D eigenvalue weighted by Gasteiger charge is 2.15. The van der Waals surface area contributed by atoms with E-state index in [0.717, 1.165) is 6.42 Å². The number of halogens is 1. The number of benzene rings is 1. The smallest absolute Gasteiger partial charge is 0.335 e.